The second kappa shape index (κ2) is 7.36. The lowest BCUT2D eigenvalue weighted by Crippen LogP contribution is -2.08. The molecule has 0 saturated carbocycles. The van der Waals surface area contributed by atoms with Gasteiger partial charge in [0.2, 0.25) is 0 Å². The Morgan fingerprint density at radius 2 is 2.04 bits per heavy atom. The van der Waals surface area contributed by atoms with Crippen LogP contribution in [0.5, 0.6) is 5.75 Å². The standard InChI is InChI=1S/C17H14N2O6S/c1-24-13-5-2-11(3-6-13)10-26(23)16(19(21)22)9-12-4-7-15-14(8-12)18-17(20)25-15/h2-9H,10H2,1H3,(H,18,20)/b16-9+. The predicted octanol–water partition coefficient (Wildman–Crippen LogP) is 2.65. The lowest BCUT2D eigenvalue weighted by atomic mass is 10.2. The summed E-state index contributed by atoms with van der Waals surface area (Å²) in [7, 11) is -0.318. The zero-order chi connectivity index (χ0) is 18.7. The molecule has 1 unspecified atom stereocenters. The lowest BCUT2D eigenvalue weighted by molar-refractivity contribution is -0.409. The van der Waals surface area contributed by atoms with Gasteiger partial charge < -0.3 is 9.15 Å². The number of oxazole rings is 1. The van der Waals surface area contributed by atoms with Crippen LogP contribution in [0.1, 0.15) is 11.1 Å². The molecule has 1 aromatic heterocycles. The van der Waals surface area contributed by atoms with Crippen LogP contribution in [0, 0.1) is 10.1 Å². The number of hydrogen-bond donors (Lipinski definition) is 1. The molecule has 0 radical (unpaired) electrons. The molecule has 134 valence electrons. The fourth-order valence-corrected chi connectivity index (χ4v) is 3.43. The number of fused-ring (bicyclic) bond motifs is 1. The van der Waals surface area contributed by atoms with E-state index >= 15 is 0 Å². The summed E-state index contributed by atoms with van der Waals surface area (Å²) in [6, 6.07) is 11.4. The number of H-pyrrole nitrogens is 1. The summed E-state index contributed by atoms with van der Waals surface area (Å²) in [6.07, 6.45) is 1.23. The van der Waals surface area contributed by atoms with Gasteiger partial charge in [0, 0.05) is 6.08 Å². The largest absolute Gasteiger partial charge is 0.497 e. The molecule has 3 rings (SSSR count). The highest BCUT2D eigenvalue weighted by Crippen LogP contribution is 2.19. The molecule has 1 atom stereocenters. The molecule has 0 bridgehead atoms. The Labute approximate surface area is 149 Å². The molecule has 0 spiro atoms. The third-order valence-corrected chi connectivity index (χ3v) is 4.93. The number of benzene rings is 2. The Morgan fingerprint density at radius 3 is 2.69 bits per heavy atom. The summed E-state index contributed by atoms with van der Waals surface area (Å²) in [5.41, 5.74) is 1.87. The molecule has 2 aromatic carbocycles. The molecule has 0 amide bonds. The third kappa shape index (κ3) is 3.89. The van der Waals surface area contributed by atoms with Gasteiger partial charge in [0.1, 0.15) is 16.5 Å². The zero-order valence-electron chi connectivity index (χ0n) is 13.6. The molecule has 0 saturated heterocycles. The molecule has 1 N–H and O–H groups in total. The van der Waals surface area contributed by atoms with Crippen molar-refractivity contribution in [2.45, 2.75) is 5.75 Å². The van der Waals surface area contributed by atoms with E-state index in [2.05, 4.69) is 4.98 Å². The molecule has 0 aliphatic rings. The summed E-state index contributed by atoms with van der Waals surface area (Å²) >= 11 is 0. The minimum Gasteiger partial charge on any atom is -0.497 e. The van der Waals surface area contributed by atoms with E-state index in [0.717, 1.165) is 0 Å². The maximum atomic E-state index is 12.5. The van der Waals surface area contributed by atoms with Crippen molar-refractivity contribution in [2.24, 2.45) is 0 Å². The fourth-order valence-electron chi connectivity index (χ4n) is 2.35. The first kappa shape index (κ1) is 17.6. The smallest absolute Gasteiger partial charge is 0.417 e. The van der Waals surface area contributed by atoms with Crippen molar-refractivity contribution < 1.29 is 18.3 Å². The average Bonchev–Trinajstić information content (AvgIpc) is 2.99. The normalized spacial score (nSPS) is 12.9. The van der Waals surface area contributed by atoms with E-state index in [1.54, 1.807) is 30.3 Å². The zero-order valence-corrected chi connectivity index (χ0v) is 14.4. The quantitative estimate of drug-likeness (QED) is 0.524. The van der Waals surface area contributed by atoms with E-state index in [9.17, 15) is 19.1 Å². The lowest BCUT2D eigenvalue weighted by Gasteiger charge is -2.03. The average molecular weight is 374 g/mol. The van der Waals surface area contributed by atoms with Crippen molar-refractivity contribution in [2.75, 3.05) is 7.11 Å². The van der Waals surface area contributed by atoms with Crippen molar-refractivity contribution in [1.29, 1.82) is 0 Å². The minimum atomic E-state index is -1.85. The van der Waals surface area contributed by atoms with Gasteiger partial charge in [-0.25, -0.2) is 9.00 Å². The van der Waals surface area contributed by atoms with Gasteiger partial charge in [0.25, 0.3) is 0 Å². The number of methoxy groups -OCH3 is 1. The molecule has 9 heteroatoms. The minimum absolute atomic E-state index is 0.00158. The van der Waals surface area contributed by atoms with Crippen LogP contribution in [0.4, 0.5) is 0 Å². The van der Waals surface area contributed by atoms with Gasteiger partial charge in [0.15, 0.2) is 5.58 Å². The number of aromatic amines is 1. The molecule has 0 aliphatic heterocycles. The summed E-state index contributed by atoms with van der Waals surface area (Å²) in [4.78, 5) is 24.3. The SMILES string of the molecule is COc1ccc(CS(=O)/C(=C/c2ccc3oc(=O)[nH]c3c2)[N+](=O)[O-])cc1. The van der Waals surface area contributed by atoms with Crippen LogP contribution in [-0.4, -0.2) is 21.2 Å². The highest BCUT2D eigenvalue weighted by molar-refractivity contribution is 7.88. The Kier molecular flexibility index (Phi) is 4.99. The van der Waals surface area contributed by atoms with Gasteiger partial charge in [-0.3, -0.25) is 15.1 Å². The molecule has 3 aromatic rings. The fraction of sp³-hybridized carbons (Fsp3) is 0.118. The monoisotopic (exact) mass is 374 g/mol. The van der Waals surface area contributed by atoms with Gasteiger partial charge >= 0.3 is 10.8 Å². The van der Waals surface area contributed by atoms with Gasteiger partial charge in [-0.2, -0.15) is 0 Å². The van der Waals surface area contributed by atoms with E-state index in [4.69, 9.17) is 9.15 Å². The van der Waals surface area contributed by atoms with Crippen LogP contribution in [-0.2, 0) is 16.6 Å². The molecule has 8 nitrogen and oxygen atoms in total. The van der Waals surface area contributed by atoms with Crippen LogP contribution in [0.25, 0.3) is 17.2 Å². The second-order valence-corrected chi connectivity index (χ2v) is 6.75. The molecule has 0 aliphatic carbocycles. The van der Waals surface area contributed by atoms with E-state index in [1.807, 2.05) is 0 Å². The van der Waals surface area contributed by atoms with Crippen LogP contribution < -0.4 is 10.5 Å². The first-order valence-electron chi connectivity index (χ1n) is 7.46. The van der Waals surface area contributed by atoms with Crippen molar-refractivity contribution >= 4 is 28.0 Å². The highest BCUT2D eigenvalue weighted by Gasteiger charge is 2.20. The van der Waals surface area contributed by atoms with E-state index in [-0.39, 0.29) is 5.75 Å². The van der Waals surface area contributed by atoms with Crippen molar-refractivity contribution in [1.82, 2.24) is 4.98 Å². The number of nitrogens with one attached hydrogen (secondary N) is 1. The predicted molar refractivity (Wildman–Crippen MR) is 96.6 cm³/mol. The Bertz CT molecular complexity index is 1060. The summed E-state index contributed by atoms with van der Waals surface area (Å²) in [5.74, 6) is 0.0346. The van der Waals surface area contributed by atoms with Crippen LogP contribution in [0.3, 0.4) is 0 Å². The summed E-state index contributed by atoms with van der Waals surface area (Å²) in [6.45, 7) is 0. The molecule has 1 heterocycles. The van der Waals surface area contributed by atoms with Gasteiger partial charge in [-0.15, -0.1) is 0 Å². The maximum absolute atomic E-state index is 12.5. The number of nitrogens with zero attached hydrogens (tertiary/aromatic N) is 1. The van der Waals surface area contributed by atoms with Gasteiger partial charge in [-0.1, -0.05) is 18.2 Å². The number of ether oxygens (including phenoxy) is 1. The summed E-state index contributed by atoms with van der Waals surface area (Å²) < 4.78 is 22.4. The van der Waals surface area contributed by atoms with E-state index in [0.29, 0.717) is 28.0 Å². The van der Waals surface area contributed by atoms with Crippen LogP contribution in [0.2, 0.25) is 0 Å². The van der Waals surface area contributed by atoms with Crippen molar-refractivity contribution in [3.63, 3.8) is 0 Å². The van der Waals surface area contributed by atoms with E-state index in [1.165, 1.54) is 25.3 Å². The van der Waals surface area contributed by atoms with Gasteiger partial charge in [-0.05, 0) is 35.4 Å². The maximum Gasteiger partial charge on any atom is 0.417 e. The molecule has 26 heavy (non-hydrogen) atoms. The van der Waals surface area contributed by atoms with Crippen LogP contribution >= 0.6 is 0 Å². The third-order valence-electron chi connectivity index (χ3n) is 3.60. The Balaban J connectivity index is 1.88. The molecular formula is C17H14N2O6S. The number of hydrogen-bond acceptors (Lipinski definition) is 6. The topological polar surface area (TPSA) is 115 Å². The van der Waals surface area contributed by atoms with Crippen LogP contribution in [0.15, 0.2) is 56.7 Å². The van der Waals surface area contributed by atoms with E-state index < -0.39 is 26.5 Å². The van der Waals surface area contributed by atoms with Crippen molar-refractivity contribution in [3.05, 3.63) is 79.3 Å². The van der Waals surface area contributed by atoms with Crippen molar-refractivity contribution in [3.8, 4) is 5.75 Å². The Morgan fingerprint density at radius 1 is 1.31 bits per heavy atom. The second-order valence-electron chi connectivity index (χ2n) is 5.35. The molecule has 0 fully saturated rings. The Hall–Kier alpha value is -3.20. The summed E-state index contributed by atoms with van der Waals surface area (Å²) in [5, 5.41) is 10.9. The van der Waals surface area contributed by atoms with Gasteiger partial charge in [0.05, 0.1) is 23.3 Å². The first-order valence-corrected chi connectivity index (χ1v) is 8.78. The molecular weight excluding hydrogens is 360 g/mol. The highest BCUT2D eigenvalue weighted by atomic mass is 32.2. The first-order chi connectivity index (χ1) is 12.5. The number of nitro groups is 1. The number of rotatable bonds is 6. The number of aromatic nitrogens is 1.